The molecule has 2 amide bonds. The Morgan fingerprint density at radius 3 is 2.60 bits per heavy atom. The van der Waals surface area contributed by atoms with Crippen molar-refractivity contribution in [1.29, 1.82) is 0 Å². The summed E-state index contributed by atoms with van der Waals surface area (Å²) >= 11 is 0. The summed E-state index contributed by atoms with van der Waals surface area (Å²) in [6.45, 7) is 1.84. The summed E-state index contributed by atoms with van der Waals surface area (Å²) in [6, 6.07) is 2.50. The van der Waals surface area contributed by atoms with Gasteiger partial charge in [-0.3, -0.25) is 0 Å². The van der Waals surface area contributed by atoms with Crippen molar-refractivity contribution in [2.24, 2.45) is 0 Å². The molecule has 2 atom stereocenters. The van der Waals surface area contributed by atoms with Crippen LogP contribution in [0.15, 0.2) is 22.8 Å². The molecule has 0 spiro atoms. The fourth-order valence-electron chi connectivity index (χ4n) is 3.40. The molecule has 0 aliphatic carbocycles. The maximum atomic E-state index is 12.8. The molecular formula is C15H22N2O6S2. The fraction of sp³-hybridized carbons (Fsp3) is 0.667. The van der Waals surface area contributed by atoms with Gasteiger partial charge in [0.25, 0.3) is 0 Å². The summed E-state index contributed by atoms with van der Waals surface area (Å²) in [5, 5.41) is 2.80. The van der Waals surface area contributed by atoms with E-state index in [9.17, 15) is 21.6 Å². The Kier molecular flexibility index (Phi) is 4.61. The first-order valence-electron chi connectivity index (χ1n) is 8.10. The normalized spacial score (nSPS) is 30.2. The monoisotopic (exact) mass is 390 g/mol. The van der Waals surface area contributed by atoms with E-state index in [0.29, 0.717) is 18.6 Å². The fourth-order valence-corrected chi connectivity index (χ4v) is 7.22. The Morgan fingerprint density at radius 2 is 2.08 bits per heavy atom. The molecule has 0 aromatic carbocycles. The minimum Gasteiger partial charge on any atom is -0.467 e. The van der Waals surface area contributed by atoms with Gasteiger partial charge >= 0.3 is 6.03 Å². The van der Waals surface area contributed by atoms with Crippen LogP contribution in [0.5, 0.6) is 0 Å². The minimum atomic E-state index is -3.16. The van der Waals surface area contributed by atoms with Crippen LogP contribution in [0, 0.1) is 0 Å². The summed E-state index contributed by atoms with van der Waals surface area (Å²) in [7, 11) is -6.32. The van der Waals surface area contributed by atoms with E-state index in [1.54, 1.807) is 19.1 Å². The average Bonchev–Trinajstić information content (AvgIpc) is 3.16. The first-order chi connectivity index (χ1) is 11.6. The number of hydrogen-bond acceptors (Lipinski definition) is 6. The largest absolute Gasteiger partial charge is 0.467 e. The highest BCUT2D eigenvalue weighted by atomic mass is 32.2. The highest BCUT2D eigenvalue weighted by molar-refractivity contribution is 7.92. The summed E-state index contributed by atoms with van der Waals surface area (Å²) in [5.41, 5.74) is -0.838. The third-order valence-electron chi connectivity index (χ3n) is 4.73. The summed E-state index contributed by atoms with van der Waals surface area (Å²) < 4.78 is 52.4. The lowest BCUT2D eigenvalue weighted by atomic mass is 10.0. The van der Waals surface area contributed by atoms with Crippen molar-refractivity contribution in [3.8, 4) is 0 Å². The number of nitrogens with zero attached hydrogens (tertiary/aromatic N) is 1. The van der Waals surface area contributed by atoms with Gasteiger partial charge in [-0.25, -0.2) is 21.6 Å². The second kappa shape index (κ2) is 6.31. The van der Waals surface area contributed by atoms with E-state index in [0.717, 1.165) is 0 Å². The van der Waals surface area contributed by atoms with Crippen molar-refractivity contribution >= 4 is 25.7 Å². The number of carbonyl (C=O) groups excluding carboxylic acids is 1. The number of urea groups is 1. The molecule has 2 aliphatic heterocycles. The maximum Gasteiger partial charge on any atom is 0.318 e. The van der Waals surface area contributed by atoms with Crippen molar-refractivity contribution in [3.05, 3.63) is 24.2 Å². The van der Waals surface area contributed by atoms with Crippen LogP contribution in [-0.2, 0) is 26.2 Å². The molecular weight excluding hydrogens is 368 g/mol. The zero-order valence-electron chi connectivity index (χ0n) is 14.0. The molecule has 2 saturated heterocycles. The molecule has 10 heteroatoms. The maximum absolute atomic E-state index is 12.8. The Hall–Kier alpha value is -1.55. The molecule has 0 unspecified atom stereocenters. The Labute approximate surface area is 147 Å². The molecule has 1 N–H and O–H groups in total. The molecule has 3 heterocycles. The Balaban J connectivity index is 1.77. The second-order valence-electron chi connectivity index (χ2n) is 7.10. The van der Waals surface area contributed by atoms with E-state index in [1.807, 2.05) is 0 Å². The highest BCUT2D eigenvalue weighted by Crippen LogP contribution is 2.25. The first kappa shape index (κ1) is 18.2. The van der Waals surface area contributed by atoms with Gasteiger partial charge in [-0.15, -0.1) is 0 Å². The van der Waals surface area contributed by atoms with Gasteiger partial charge in [-0.05, 0) is 31.9 Å². The van der Waals surface area contributed by atoms with Gasteiger partial charge in [0, 0.05) is 6.04 Å². The summed E-state index contributed by atoms with van der Waals surface area (Å²) in [4.78, 5) is 14.3. The van der Waals surface area contributed by atoms with Gasteiger partial charge in [-0.2, -0.15) is 0 Å². The standard InChI is InChI=1S/C15H22N2O6S2/c1-15(5-8-25(21,22)11-15)16-14(18)17(9-13-3-2-6-23-13)12-4-7-24(19,20)10-12/h2-3,6,12H,4-5,7-11H2,1H3,(H,16,18)/t12-,15-/m1/s1. The van der Waals surface area contributed by atoms with Crippen molar-refractivity contribution in [2.45, 2.75) is 37.9 Å². The van der Waals surface area contributed by atoms with Crippen molar-refractivity contribution in [1.82, 2.24) is 10.2 Å². The number of carbonyl (C=O) groups is 1. The van der Waals surface area contributed by atoms with Gasteiger partial charge in [-0.1, -0.05) is 0 Å². The quantitative estimate of drug-likeness (QED) is 0.803. The topological polar surface area (TPSA) is 114 Å². The minimum absolute atomic E-state index is 0.0414. The second-order valence-corrected chi connectivity index (χ2v) is 11.5. The molecule has 0 radical (unpaired) electrons. The lowest BCUT2D eigenvalue weighted by Gasteiger charge is -2.32. The van der Waals surface area contributed by atoms with Crippen LogP contribution < -0.4 is 5.32 Å². The Morgan fingerprint density at radius 1 is 1.32 bits per heavy atom. The summed E-state index contributed by atoms with van der Waals surface area (Å²) in [6.07, 6.45) is 2.20. The van der Waals surface area contributed by atoms with E-state index in [-0.39, 0.29) is 29.6 Å². The predicted molar refractivity (Wildman–Crippen MR) is 91.5 cm³/mol. The van der Waals surface area contributed by atoms with Crippen molar-refractivity contribution < 1.29 is 26.0 Å². The van der Waals surface area contributed by atoms with Crippen LogP contribution in [-0.4, -0.2) is 62.4 Å². The first-order valence-corrected chi connectivity index (χ1v) is 11.7. The molecule has 0 bridgehead atoms. The lowest BCUT2D eigenvalue weighted by molar-refractivity contribution is 0.161. The van der Waals surface area contributed by atoms with Crippen LogP contribution in [0.3, 0.4) is 0 Å². The van der Waals surface area contributed by atoms with E-state index in [1.165, 1.54) is 11.2 Å². The predicted octanol–water partition coefficient (Wildman–Crippen LogP) is 0.556. The third-order valence-corrected chi connectivity index (χ3v) is 8.38. The van der Waals surface area contributed by atoms with Crippen molar-refractivity contribution in [3.63, 3.8) is 0 Å². The molecule has 25 heavy (non-hydrogen) atoms. The molecule has 3 rings (SSSR count). The number of sulfone groups is 2. The van der Waals surface area contributed by atoms with Crippen LogP contribution in [0.2, 0.25) is 0 Å². The molecule has 2 aliphatic rings. The van der Waals surface area contributed by atoms with Crippen molar-refractivity contribution in [2.75, 3.05) is 23.0 Å². The van der Waals surface area contributed by atoms with Gasteiger partial charge < -0.3 is 14.6 Å². The molecule has 140 valence electrons. The molecule has 2 fully saturated rings. The average molecular weight is 390 g/mol. The Bertz CT molecular complexity index is 847. The summed E-state index contributed by atoms with van der Waals surface area (Å²) in [5.74, 6) is 0.438. The number of hydrogen-bond donors (Lipinski definition) is 1. The van der Waals surface area contributed by atoms with Gasteiger partial charge in [0.05, 0.1) is 41.4 Å². The lowest BCUT2D eigenvalue weighted by Crippen LogP contribution is -2.54. The molecule has 1 aromatic heterocycles. The smallest absolute Gasteiger partial charge is 0.318 e. The van der Waals surface area contributed by atoms with E-state index in [4.69, 9.17) is 4.42 Å². The van der Waals surface area contributed by atoms with Crippen LogP contribution in [0.4, 0.5) is 4.79 Å². The van der Waals surface area contributed by atoms with Crippen LogP contribution in [0.25, 0.3) is 0 Å². The van der Waals surface area contributed by atoms with E-state index >= 15 is 0 Å². The molecule has 0 saturated carbocycles. The zero-order valence-corrected chi connectivity index (χ0v) is 15.6. The molecule has 1 aromatic rings. The SMILES string of the molecule is C[C@@]1(NC(=O)N(Cc2ccco2)[C@@H]2CCS(=O)(=O)C2)CCS(=O)(=O)C1. The third kappa shape index (κ3) is 4.35. The number of nitrogens with one attached hydrogen (secondary N) is 1. The van der Waals surface area contributed by atoms with Gasteiger partial charge in [0.15, 0.2) is 19.7 Å². The zero-order chi connectivity index (χ0) is 18.3. The van der Waals surface area contributed by atoms with E-state index in [2.05, 4.69) is 5.32 Å². The van der Waals surface area contributed by atoms with Crippen LogP contribution >= 0.6 is 0 Å². The van der Waals surface area contributed by atoms with Gasteiger partial charge in [0.2, 0.25) is 0 Å². The van der Waals surface area contributed by atoms with Gasteiger partial charge in [0.1, 0.15) is 5.76 Å². The van der Waals surface area contributed by atoms with E-state index < -0.39 is 37.3 Å². The highest BCUT2D eigenvalue weighted by Gasteiger charge is 2.42. The van der Waals surface area contributed by atoms with Crippen LogP contribution in [0.1, 0.15) is 25.5 Å². The molecule has 8 nitrogen and oxygen atoms in total. The number of amides is 2. The number of furan rings is 1. The number of rotatable bonds is 4.